The highest BCUT2D eigenvalue weighted by molar-refractivity contribution is 5.95. The lowest BCUT2D eigenvalue weighted by Crippen LogP contribution is -2.41. The maximum Gasteiger partial charge on any atom is 0.231 e. The van der Waals surface area contributed by atoms with Crippen LogP contribution in [0.1, 0.15) is 38.4 Å². The van der Waals surface area contributed by atoms with Crippen LogP contribution in [0.4, 0.5) is 5.69 Å². The molecule has 1 aromatic heterocycles. The Morgan fingerprint density at radius 1 is 1.29 bits per heavy atom. The fourth-order valence-corrected chi connectivity index (χ4v) is 2.40. The molecular formula is C17H24N4O3. The zero-order chi connectivity index (χ0) is 17.6. The van der Waals surface area contributed by atoms with E-state index >= 15 is 0 Å². The standard InChI is InChI=1S/C17H24N4O3/c1-4-17(5-2,11-18)16(22)20-13-6-8-14(9-7-13)23-10-15-19-12(3)24-21-15/h6-9H,4-5,10-11,18H2,1-3H3,(H,20,22). The topological polar surface area (TPSA) is 103 Å². The summed E-state index contributed by atoms with van der Waals surface area (Å²) >= 11 is 0. The lowest BCUT2D eigenvalue weighted by molar-refractivity contribution is -0.125. The molecule has 130 valence electrons. The molecule has 0 atom stereocenters. The van der Waals surface area contributed by atoms with Crippen molar-refractivity contribution < 1.29 is 14.1 Å². The van der Waals surface area contributed by atoms with E-state index in [1.807, 2.05) is 13.8 Å². The third-order valence-corrected chi connectivity index (χ3v) is 4.28. The zero-order valence-corrected chi connectivity index (χ0v) is 14.3. The van der Waals surface area contributed by atoms with E-state index in [1.165, 1.54) is 0 Å². The van der Waals surface area contributed by atoms with Gasteiger partial charge in [0.25, 0.3) is 0 Å². The molecule has 7 heteroatoms. The minimum atomic E-state index is -0.522. The molecule has 0 aliphatic rings. The highest BCUT2D eigenvalue weighted by atomic mass is 16.5. The van der Waals surface area contributed by atoms with E-state index in [4.69, 9.17) is 15.0 Å². The number of ether oxygens (including phenoxy) is 1. The van der Waals surface area contributed by atoms with Crippen molar-refractivity contribution in [2.75, 3.05) is 11.9 Å². The SMILES string of the molecule is CCC(CC)(CN)C(=O)Nc1ccc(OCc2noc(C)n2)cc1. The number of aryl methyl sites for hydroxylation is 1. The molecule has 0 aliphatic heterocycles. The van der Waals surface area contributed by atoms with Crippen LogP contribution in [-0.4, -0.2) is 22.6 Å². The average Bonchev–Trinajstić information content (AvgIpc) is 3.02. The molecule has 1 amide bonds. The quantitative estimate of drug-likeness (QED) is 0.770. The number of nitrogens with zero attached hydrogens (tertiary/aromatic N) is 2. The van der Waals surface area contributed by atoms with E-state index in [0.717, 1.165) is 0 Å². The van der Waals surface area contributed by atoms with Gasteiger partial charge < -0.3 is 20.3 Å². The lowest BCUT2D eigenvalue weighted by Gasteiger charge is -2.28. The van der Waals surface area contributed by atoms with Gasteiger partial charge in [-0.3, -0.25) is 4.79 Å². The predicted molar refractivity (Wildman–Crippen MR) is 90.5 cm³/mol. The van der Waals surface area contributed by atoms with E-state index in [9.17, 15) is 4.79 Å². The number of carbonyl (C=O) groups excluding carboxylic acids is 1. The van der Waals surface area contributed by atoms with E-state index in [1.54, 1.807) is 31.2 Å². The van der Waals surface area contributed by atoms with Crippen molar-refractivity contribution in [2.24, 2.45) is 11.1 Å². The van der Waals surface area contributed by atoms with Crippen LogP contribution in [0.5, 0.6) is 5.75 Å². The van der Waals surface area contributed by atoms with Gasteiger partial charge in [-0.25, -0.2) is 0 Å². The monoisotopic (exact) mass is 332 g/mol. The summed E-state index contributed by atoms with van der Waals surface area (Å²) in [6.45, 7) is 6.24. The Kier molecular flexibility index (Phi) is 5.92. The molecule has 0 unspecified atom stereocenters. The molecule has 0 radical (unpaired) electrons. The number of anilines is 1. The Hall–Kier alpha value is -2.41. The second-order valence-corrected chi connectivity index (χ2v) is 5.69. The molecule has 0 saturated heterocycles. The van der Waals surface area contributed by atoms with Crippen molar-refractivity contribution >= 4 is 11.6 Å². The van der Waals surface area contributed by atoms with Crippen molar-refractivity contribution in [2.45, 2.75) is 40.2 Å². The minimum absolute atomic E-state index is 0.0501. The first-order valence-corrected chi connectivity index (χ1v) is 8.06. The fourth-order valence-electron chi connectivity index (χ4n) is 2.40. The Morgan fingerprint density at radius 2 is 1.96 bits per heavy atom. The number of amides is 1. The van der Waals surface area contributed by atoms with E-state index < -0.39 is 5.41 Å². The smallest absolute Gasteiger partial charge is 0.231 e. The van der Waals surface area contributed by atoms with Gasteiger partial charge in [0.15, 0.2) is 6.61 Å². The molecule has 0 saturated carbocycles. The van der Waals surface area contributed by atoms with Crippen LogP contribution < -0.4 is 15.8 Å². The van der Waals surface area contributed by atoms with Gasteiger partial charge >= 0.3 is 0 Å². The number of aromatic nitrogens is 2. The Bertz CT molecular complexity index is 654. The van der Waals surface area contributed by atoms with Gasteiger partial charge in [0.1, 0.15) is 5.75 Å². The highest BCUT2D eigenvalue weighted by Gasteiger charge is 2.33. The number of rotatable bonds is 8. The molecular weight excluding hydrogens is 308 g/mol. The van der Waals surface area contributed by atoms with Gasteiger partial charge in [0.05, 0.1) is 5.41 Å². The van der Waals surface area contributed by atoms with Crippen LogP contribution in [0.2, 0.25) is 0 Å². The van der Waals surface area contributed by atoms with E-state index in [2.05, 4.69) is 15.5 Å². The number of nitrogens with two attached hydrogens (primary N) is 1. The third kappa shape index (κ3) is 4.11. The van der Waals surface area contributed by atoms with E-state index in [-0.39, 0.29) is 12.5 Å². The Morgan fingerprint density at radius 3 is 2.46 bits per heavy atom. The normalized spacial score (nSPS) is 11.3. The Balaban J connectivity index is 1.95. The first-order valence-electron chi connectivity index (χ1n) is 8.06. The van der Waals surface area contributed by atoms with Crippen LogP contribution in [-0.2, 0) is 11.4 Å². The van der Waals surface area contributed by atoms with E-state index in [0.29, 0.717) is 42.5 Å². The maximum atomic E-state index is 12.5. The number of hydrogen-bond donors (Lipinski definition) is 2. The second-order valence-electron chi connectivity index (χ2n) is 5.69. The predicted octanol–water partition coefficient (Wildman–Crippen LogP) is 2.66. The Labute approximate surface area is 141 Å². The molecule has 2 aromatic rings. The van der Waals surface area contributed by atoms with Crippen LogP contribution in [0.3, 0.4) is 0 Å². The molecule has 24 heavy (non-hydrogen) atoms. The lowest BCUT2D eigenvalue weighted by atomic mass is 9.81. The summed E-state index contributed by atoms with van der Waals surface area (Å²) in [5, 5.41) is 6.69. The average molecular weight is 332 g/mol. The summed E-state index contributed by atoms with van der Waals surface area (Å²) in [5.41, 5.74) is 5.99. The fraction of sp³-hybridized carbons (Fsp3) is 0.471. The van der Waals surface area contributed by atoms with Crippen molar-refractivity contribution in [1.82, 2.24) is 10.1 Å². The highest BCUT2D eigenvalue weighted by Crippen LogP contribution is 2.27. The van der Waals surface area contributed by atoms with Crippen LogP contribution in [0.25, 0.3) is 0 Å². The number of benzene rings is 1. The molecule has 3 N–H and O–H groups in total. The first kappa shape index (κ1) is 17.9. The van der Waals surface area contributed by atoms with Gasteiger partial charge in [-0.2, -0.15) is 4.98 Å². The summed E-state index contributed by atoms with van der Waals surface area (Å²) in [6, 6.07) is 7.15. The molecule has 2 rings (SSSR count). The number of carbonyl (C=O) groups is 1. The largest absolute Gasteiger partial charge is 0.485 e. The molecule has 7 nitrogen and oxygen atoms in total. The van der Waals surface area contributed by atoms with Crippen molar-refractivity contribution in [3.63, 3.8) is 0 Å². The third-order valence-electron chi connectivity index (χ3n) is 4.28. The summed E-state index contributed by atoms with van der Waals surface area (Å²) in [5.74, 6) is 1.60. The van der Waals surface area contributed by atoms with Gasteiger partial charge in [0, 0.05) is 19.2 Å². The number of nitrogens with one attached hydrogen (secondary N) is 1. The van der Waals surface area contributed by atoms with Crippen molar-refractivity contribution in [1.29, 1.82) is 0 Å². The van der Waals surface area contributed by atoms with Crippen LogP contribution in [0.15, 0.2) is 28.8 Å². The number of hydrogen-bond acceptors (Lipinski definition) is 6. The summed E-state index contributed by atoms with van der Waals surface area (Å²) in [4.78, 5) is 16.5. The molecule has 1 heterocycles. The molecule has 0 spiro atoms. The van der Waals surface area contributed by atoms with Crippen LogP contribution >= 0.6 is 0 Å². The van der Waals surface area contributed by atoms with Gasteiger partial charge in [-0.1, -0.05) is 19.0 Å². The van der Waals surface area contributed by atoms with Gasteiger partial charge in [-0.15, -0.1) is 0 Å². The van der Waals surface area contributed by atoms with Gasteiger partial charge in [0.2, 0.25) is 17.6 Å². The zero-order valence-electron chi connectivity index (χ0n) is 14.3. The summed E-state index contributed by atoms with van der Waals surface area (Å²) in [7, 11) is 0. The summed E-state index contributed by atoms with van der Waals surface area (Å²) < 4.78 is 10.5. The molecule has 0 bridgehead atoms. The van der Waals surface area contributed by atoms with Crippen molar-refractivity contribution in [3.05, 3.63) is 36.0 Å². The second kappa shape index (κ2) is 7.92. The summed E-state index contributed by atoms with van der Waals surface area (Å²) in [6.07, 6.45) is 1.41. The molecule has 0 aliphatic carbocycles. The van der Waals surface area contributed by atoms with Crippen LogP contribution in [0, 0.1) is 12.3 Å². The van der Waals surface area contributed by atoms with Crippen molar-refractivity contribution in [3.8, 4) is 5.75 Å². The molecule has 1 aromatic carbocycles. The molecule has 0 fully saturated rings. The van der Waals surface area contributed by atoms with Gasteiger partial charge in [-0.05, 0) is 37.1 Å². The minimum Gasteiger partial charge on any atom is -0.485 e. The maximum absolute atomic E-state index is 12.5. The first-order chi connectivity index (χ1) is 11.5.